The van der Waals surface area contributed by atoms with Gasteiger partial charge in [-0.3, -0.25) is 0 Å². The first-order valence-electron chi connectivity index (χ1n) is 0.638. The average molecular weight is 141 g/mol. The van der Waals surface area contributed by atoms with Crippen molar-refractivity contribution in [2.75, 3.05) is 0 Å². The number of carbonyl (C=O) groups excluding carboxylic acids is 1. The molecule has 23 valence electrons. The molecule has 0 aromatic carbocycles. The van der Waals surface area contributed by atoms with Gasteiger partial charge < -0.3 is 0 Å². The molecule has 0 aliphatic heterocycles. The van der Waals surface area contributed by atoms with E-state index in [-0.39, 0.29) is 0 Å². The molecule has 0 amide bonds. The van der Waals surface area contributed by atoms with E-state index in [0.29, 0.717) is 6.47 Å². The average Bonchev–Trinajstić information content (AvgIpc) is 1.37. The summed E-state index contributed by atoms with van der Waals surface area (Å²) in [6.45, 7) is 0.379. The van der Waals surface area contributed by atoms with Crippen molar-refractivity contribution in [3.63, 3.8) is 0 Å². The molecule has 0 atom stereocenters. The first kappa shape index (κ1) is 4.16. The number of hydrogen-bond acceptors (Lipinski definition) is 2. The van der Waals surface area contributed by atoms with Crippen molar-refractivity contribution >= 4 is 6.47 Å². The molecule has 0 saturated heterocycles. The molecular weight excluding hydrogens is 140 g/mol. The van der Waals surface area contributed by atoms with Gasteiger partial charge in [0.2, 0.25) is 0 Å². The van der Waals surface area contributed by atoms with Crippen molar-refractivity contribution in [2.24, 2.45) is 0 Å². The van der Waals surface area contributed by atoms with E-state index in [0.717, 1.165) is 0 Å². The molecule has 0 aliphatic rings. The van der Waals surface area contributed by atoms with E-state index in [1.807, 2.05) is 0 Å². The van der Waals surface area contributed by atoms with E-state index in [1.54, 1.807) is 0 Å². The third kappa shape index (κ3) is 2.16. The van der Waals surface area contributed by atoms with E-state index in [1.165, 1.54) is 20.2 Å². The van der Waals surface area contributed by atoms with Gasteiger partial charge in [-0.2, -0.15) is 0 Å². The Bertz CT molecular complexity index is 20.0. The Balaban J connectivity index is 2.30. The van der Waals surface area contributed by atoms with Gasteiger partial charge in [-0.25, -0.2) is 0 Å². The van der Waals surface area contributed by atoms with Crippen LogP contribution in [0, 0.1) is 0 Å². The number of rotatable bonds is 1. The van der Waals surface area contributed by atoms with E-state index in [2.05, 4.69) is 3.39 Å². The van der Waals surface area contributed by atoms with Gasteiger partial charge >= 0.3 is 34.9 Å². The molecule has 0 N–H and O–H groups in total. The summed E-state index contributed by atoms with van der Waals surface area (Å²) in [4.78, 5) is 8.95. The van der Waals surface area contributed by atoms with Crippen LogP contribution in [0.4, 0.5) is 0 Å². The van der Waals surface area contributed by atoms with Gasteiger partial charge in [0.05, 0.1) is 0 Å². The molecule has 0 unspecified atom stereocenters. The van der Waals surface area contributed by atoms with Gasteiger partial charge in [0.25, 0.3) is 0 Å². The van der Waals surface area contributed by atoms with Crippen LogP contribution in [-0.4, -0.2) is 6.47 Å². The molecule has 0 aromatic heterocycles. The molecule has 0 heterocycles. The monoisotopic (exact) mass is 143 g/mol. The maximum absolute atomic E-state index is 8.95. The fourth-order valence-electron chi connectivity index (χ4n) is 0. The third-order valence-corrected chi connectivity index (χ3v) is 0.232. The molecule has 0 spiro atoms. The van der Waals surface area contributed by atoms with Gasteiger partial charge in [0.1, 0.15) is 0 Å². The summed E-state index contributed by atoms with van der Waals surface area (Å²) in [6.07, 6.45) is 0. The fourth-order valence-corrected chi connectivity index (χ4v) is 0. The number of carbonyl (C=O) groups is 1. The second-order valence-corrected chi connectivity index (χ2v) is 0.666. The molecule has 0 aromatic rings. The number of hydrogen-bond donors (Lipinski definition) is 0. The van der Waals surface area contributed by atoms with Crippen LogP contribution >= 0.6 is 0 Å². The summed E-state index contributed by atoms with van der Waals surface area (Å²) >= 11 is 1.26. The van der Waals surface area contributed by atoms with Crippen molar-refractivity contribution in [3.8, 4) is 0 Å². The zero-order valence-corrected chi connectivity index (χ0v) is 3.81. The molecule has 0 bridgehead atoms. The van der Waals surface area contributed by atoms with E-state index in [9.17, 15) is 0 Å². The Morgan fingerprint density at radius 2 is 2.25 bits per heavy atom. The Morgan fingerprint density at radius 3 is 2.25 bits per heavy atom. The zero-order valence-electron chi connectivity index (χ0n) is 1.80. The van der Waals surface area contributed by atoms with Crippen molar-refractivity contribution in [1.29, 1.82) is 0 Å². The Morgan fingerprint density at radius 1 is 2.00 bits per heavy atom. The van der Waals surface area contributed by atoms with Crippen LogP contribution < -0.4 is 0 Å². The van der Waals surface area contributed by atoms with Crippen molar-refractivity contribution in [2.45, 2.75) is 0 Å². The van der Waals surface area contributed by atoms with Crippen LogP contribution in [0.3, 0.4) is 0 Å². The summed E-state index contributed by atoms with van der Waals surface area (Å²) in [6, 6.07) is 0. The van der Waals surface area contributed by atoms with E-state index in [4.69, 9.17) is 4.79 Å². The van der Waals surface area contributed by atoms with Crippen LogP contribution in [0.5, 0.6) is 0 Å². The van der Waals surface area contributed by atoms with Crippen LogP contribution in [-0.2, 0) is 28.4 Å². The predicted octanol–water partition coefficient (Wildman–Crippen LogP) is -0.379. The quantitative estimate of drug-likeness (QED) is 0.367. The molecule has 0 radical (unpaired) electrons. The molecule has 0 fully saturated rings. The van der Waals surface area contributed by atoms with Gasteiger partial charge in [0, 0.05) is 0 Å². The van der Waals surface area contributed by atoms with Crippen molar-refractivity contribution < 1.29 is 28.4 Å². The standard InChI is InChI=1S/CH2O2.Mo/c2-1-3;/h1H,(H,2,3);/q;+1/p-1. The van der Waals surface area contributed by atoms with E-state index >= 15 is 0 Å². The topological polar surface area (TPSA) is 26.3 Å². The maximum atomic E-state index is 8.95. The Labute approximate surface area is 35.5 Å². The predicted molar refractivity (Wildman–Crippen MR) is 7.15 cm³/mol. The normalized spacial score (nSPS) is 5.00. The van der Waals surface area contributed by atoms with Gasteiger partial charge in [-0.1, -0.05) is 0 Å². The zero-order chi connectivity index (χ0) is 3.41. The SMILES string of the molecule is O=C[O][Mo]. The van der Waals surface area contributed by atoms with Crippen LogP contribution in [0.25, 0.3) is 0 Å². The summed E-state index contributed by atoms with van der Waals surface area (Å²) in [7, 11) is 0. The fraction of sp³-hybridized carbons (Fsp3) is 0. The molecular formula is CHMoO2. The molecule has 0 rings (SSSR count). The first-order chi connectivity index (χ1) is 1.91. The molecule has 4 heavy (non-hydrogen) atoms. The van der Waals surface area contributed by atoms with Gasteiger partial charge in [-0.05, 0) is 0 Å². The Kier molecular flexibility index (Phi) is 3.28. The van der Waals surface area contributed by atoms with Gasteiger partial charge in [-0.15, -0.1) is 0 Å². The van der Waals surface area contributed by atoms with Crippen molar-refractivity contribution in [1.82, 2.24) is 0 Å². The molecule has 0 saturated carbocycles. The van der Waals surface area contributed by atoms with Crippen LogP contribution in [0.1, 0.15) is 0 Å². The summed E-state index contributed by atoms with van der Waals surface area (Å²) < 4.78 is 3.87. The molecule has 2 nitrogen and oxygen atoms in total. The minimum atomic E-state index is 0.379. The molecule has 3 heteroatoms. The van der Waals surface area contributed by atoms with Crippen LogP contribution in [0.15, 0.2) is 0 Å². The van der Waals surface area contributed by atoms with E-state index < -0.39 is 0 Å². The van der Waals surface area contributed by atoms with Crippen LogP contribution in [0.2, 0.25) is 0 Å². The summed E-state index contributed by atoms with van der Waals surface area (Å²) in [5.74, 6) is 0. The second-order valence-electron chi connectivity index (χ2n) is 0.192. The summed E-state index contributed by atoms with van der Waals surface area (Å²) in [5.41, 5.74) is 0. The van der Waals surface area contributed by atoms with Crippen molar-refractivity contribution in [3.05, 3.63) is 0 Å². The Hall–Kier alpha value is 0.158. The molecule has 0 aliphatic carbocycles. The second kappa shape index (κ2) is 3.16. The summed E-state index contributed by atoms with van der Waals surface area (Å²) in [5, 5.41) is 0. The first-order valence-corrected chi connectivity index (χ1v) is 1.46. The minimum absolute atomic E-state index is 0.379. The van der Waals surface area contributed by atoms with Gasteiger partial charge in [0.15, 0.2) is 0 Å². The third-order valence-electron chi connectivity index (χ3n) is 0.0393.